The van der Waals surface area contributed by atoms with Crippen molar-refractivity contribution in [2.75, 3.05) is 13.7 Å². The summed E-state index contributed by atoms with van der Waals surface area (Å²) in [5, 5.41) is 0. The molecule has 0 amide bonds. The summed E-state index contributed by atoms with van der Waals surface area (Å²) in [6.07, 6.45) is 0. The third-order valence-electron chi connectivity index (χ3n) is 2.37. The number of nitrogens with two attached hydrogens (primary N) is 1. The molecule has 0 bridgehead atoms. The molecule has 0 saturated carbocycles. The topological polar surface area (TPSA) is 98.5 Å². The second kappa shape index (κ2) is 5.86. The average molecular weight is 304 g/mol. The van der Waals surface area contributed by atoms with Crippen LogP contribution in [0.5, 0.6) is 0 Å². The van der Waals surface area contributed by atoms with Gasteiger partial charge in [0.1, 0.15) is 11.4 Å². The third-order valence-corrected chi connectivity index (χ3v) is 3.82. The van der Waals surface area contributed by atoms with Gasteiger partial charge in [0, 0.05) is 12.1 Å². The lowest BCUT2D eigenvalue weighted by Crippen LogP contribution is -2.45. The van der Waals surface area contributed by atoms with E-state index in [1.807, 2.05) is 0 Å². The van der Waals surface area contributed by atoms with E-state index in [-0.39, 0.29) is 6.54 Å². The minimum atomic E-state index is -4.07. The van der Waals surface area contributed by atoms with Crippen molar-refractivity contribution in [1.82, 2.24) is 4.72 Å². The summed E-state index contributed by atoms with van der Waals surface area (Å²) in [6, 6.07) is 3.31. The minimum absolute atomic E-state index is 0.0630. The standard InChI is InChI=1S/C12H17FN2O4S/c1-12(2,14)7-15-20(17,18)9-6-4-5-8(13)10(9)11(16)19-3/h4-6,15H,7,14H2,1-3H3. The van der Waals surface area contributed by atoms with E-state index >= 15 is 0 Å². The van der Waals surface area contributed by atoms with Crippen LogP contribution in [0, 0.1) is 5.82 Å². The minimum Gasteiger partial charge on any atom is -0.465 e. The van der Waals surface area contributed by atoms with Crippen LogP contribution in [0.4, 0.5) is 4.39 Å². The number of rotatable bonds is 5. The number of carbonyl (C=O) groups excluding carboxylic acids is 1. The molecule has 0 unspecified atom stereocenters. The monoisotopic (exact) mass is 304 g/mol. The van der Waals surface area contributed by atoms with E-state index in [2.05, 4.69) is 9.46 Å². The number of hydrogen-bond donors (Lipinski definition) is 2. The van der Waals surface area contributed by atoms with E-state index in [4.69, 9.17) is 5.73 Å². The molecule has 0 heterocycles. The Morgan fingerprint density at radius 1 is 1.45 bits per heavy atom. The van der Waals surface area contributed by atoms with Crippen LogP contribution in [0.2, 0.25) is 0 Å². The van der Waals surface area contributed by atoms with Gasteiger partial charge in [-0.2, -0.15) is 0 Å². The van der Waals surface area contributed by atoms with Crippen LogP contribution in [0.25, 0.3) is 0 Å². The number of carbonyl (C=O) groups is 1. The fraction of sp³-hybridized carbons (Fsp3) is 0.417. The normalized spacial score (nSPS) is 12.2. The number of benzene rings is 1. The molecule has 0 spiro atoms. The molecule has 1 aromatic rings. The van der Waals surface area contributed by atoms with Gasteiger partial charge in [-0.05, 0) is 26.0 Å². The lowest BCUT2D eigenvalue weighted by Gasteiger charge is -2.19. The molecule has 0 aliphatic heterocycles. The van der Waals surface area contributed by atoms with Crippen molar-refractivity contribution in [1.29, 1.82) is 0 Å². The number of sulfonamides is 1. The van der Waals surface area contributed by atoms with Crippen molar-refractivity contribution in [3.63, 3.8) is 0 Å². The molecular formula is C12H17FN2O4S. The summed E-state index contributed by atoms with van der Waals surface area (Å²) in [5.41, 5.74) is 4.27. The van der Waals surface area contributed by atoms with Gasteiger partial charge >= 0.3 is 5.97 Å². The maximum Gasteiger partial charge on any atom is 0.342 e. The number of halogens is 1. The SMILES string of the molecule is COC(=O)c1c(F)cccc1S(=O)(=O)NCC(C)(C)N. The molecule has 1 rings (SSSR count). The van der Waals surface area contributed by atoms with Crippen molar-refractivity contribution in [3.8, 4) is 0 Å². The smallest absolute Gasteiger partial charge is 0.342 e. The largest absolute Gasteiger partial charge is 0.465 e. The van der Waals surface area contributed by atoms with Gasteiger partial charge in [0.2, 0.25) is 10.0 Å². The Morgan fingerprint density at radius 3 is 2.55 bits per heavy atom. The third kappa shape index (κ3) is 3.99. The number of nitrogens with one attached hydrogen (secondary N) is 1. The number of esters is 1. The molecule has 0 atom stereocenters. The van der Waals surface area contributed by atoms with Crippen LogP contribution >= 0.6 is 0 Å². The van der Waals surface area contributed by atoms with E-state index in [0.29, 0.717) is 0 Å². The summed E-state index contributed by atoms with van der Waals surface area (Å²) in [4.78, 5) is 11.0. The number of hydrogen-bond acceptors (Lipinski definition) is 5. The van der Waals surface area contributed by atoms with Crippen molar-refractivity contribution in [2.45, 2.75) is 24.3 Å². The predicted molar refractivity (Wildman–Crippen MR) is 71.2 cm³/mol. The highest BCUT2D eigenvalue weighted by molar-refractivity contribution is 7.89. The van der Waals surface area contributed by atoms with Gasteiger partial charge in [0.25, 0.3) is 0 Å². The first-order valence-electron chi connectivity index (χ1n) is 5.74. The van der Waals surface area contributed by atoms with E-state index in [0.717, 1.165) is 19.2 Å². The van der Waals surface area contributed by atoms with Crippen molar-refractivity contribution in [3.05, 3.63) is 29.6 Å². The van der Waals surface area contributed by atoms with Crippen molar-refractivity contribution in [2.24, 2.45) is 5.73 Å². The molecule has 1 aromatic carbocycles. The zero-order valence-electron chi connectivity index (χ0n) is 11.4. The molecular weight excluding hydrogens is 287 g/mol. The molecule has 0 aromatic heterocycles. The highest BCUT2D eigenvalue weighted by Gasteiger charge is 2.27. The number of ether oxygens (including phenoxy) is 1. The molecule has 20 heavy (non-hydrogen) atoms. The maximum atomic E-state index is 13.7. The Balaban J connectivity index is 3.25. The van der Waals surface area contributed by atoms with E-state index < -0.39 is 37.8 Å². The van der Waals surface area contributed by atoms with E-state index in [1.54, 1.807) is 13.8 Å². The average Bonchev–Trinajstić information content (AvgIpc) is 2.34. The first-order valence-corrected chi connectivity index (χ1v) is 7.22. The molecule has 0 aliphatic rings. The fourth-order valence-electron chi connectivity index (χ4n) is 1.39. The van der Waals surface area contributed by atoms with E-state index in [9.17, 15) is 17.6 Å². The van der Waals surface area contributed by atoms with Crippen LogP contribution in [-0.2, 0) is 14.8 Å². The molecule has 0 radical (unpaired) electrons. The first-order chi connectivity index (χ1) is 9.08. The lowest BCUT2D eigenvalue weighted by atomic mass is 10.1. The van der Waals surface area contributed by atoms with Gasteiger partial charge in [-0.1, -0.05) is 6.07 Å². The van der Waals surface area contributed by atoms with Gasteiger partial charge in [0.15, 0.2) is 0 Å². The van der Waals surface area contributed by atoms with Crippen LogP contribution in [0.1, 0.15) is 24.2 Å². The van der Waals surface area contributed by atoms with Crippen LogP contribution in [0.15, 0.2) is 23.1 Å². The maximum absolute atomic E-state index is 13.7. The molecule has 0 aliphatic carbocycles. The Morgan fingerprint density at radius 2 is 2.05 bits per heavy atom. The van der Waals surface area contributed by atoms with Gasteiger partial charge in [0.05, 0.1) is 12.0 Å². The Hall–Kier alpha value is -1.51. The van der Waals surface area contributed by atoms with Gasteiger partial charge in [-0.3, -0.25) is 0 Å². The first kappa shape index (κ1) is 16.5. The van der Waals surface area contributed by atoms with Gasteiger partial charge in [-0.25, -0.2) is 22.3 Å². The van der Waals surface area contributed by atoms with Gasteiger partial charge in [-0.15, -0.1) is 0 Å². The second-order valence-corrected chi connectivity index (χ2v) is 6.65. The molecule has 0 saturated heterocycles. The van der Waals surface area contributed by atoms with Crippen molar-refractivity contribution < 1.29 is 22.3 Å². The predicted octanol–water partition coefficient (Wildman–Crippen LogP) is 0.628. The zero-order chi connectivity index (χ0) is 15.6. The van der Waals surface area contributed by atoms with Crippen molar-refractivity contribution >= 4 is 16.0 Å². The molecule has 3 N–H and O–H groups in total. The highest BCUT2D eigenvalue weighted by atomic mass is 32.2. The molecule has 8 heteroatoms. The summed E-state index contributed by atoms with van der Waals surface area (Å²) in [5.74, 6) is -2.03. The Labute approximate surface area is 117 Å². The van der Waals surface area contributed by atoms with Crippen LogP contribution in [-0.4, -0.2) is 33.6 Å². The van der Waals surface area contributed by atoms with Crippen LogP contribution < -0.4 is 10.5 Å². The van der Waals surface area contributed by atoms with Gasteiger partial charge < -0.3 is 10.5 Å². The Kier molecular flexibility index (Phi) is 4.85. The second-order valence-electron chi connectivity index (χ2n) is 4.92. The molecule has 112 valence electrons. The highest BCUT2D eigenvalue weighted by Crippen LogP contribution is 2.20. The molecule has 6 nitrogen and oxygen atoms in total. The summed E-state index contributed by atoms with van der Waals surface area (Å²) in [6.45, 7) is 3.19. The Bertz CT molecular complexity index is 608. The summed E-state index contributed by atoms with van der Waals surface area (Å²) >= 11 is 0. The van der Waals surface area contributed by atoms with Crippen LogP contribution in [0.3, 0.4) is 0 Å². The summed E-state index contributed by atoms with van der Waals surface area (Å²) < 4.78 is 44.6. The quantitative estimate of drug-likeness (QED) is 0.777. The summed E-state index contributed by atoms with van der Waals surface area (Å²) in [7, 11) is -3.03. The van der Waals surface area contributed by atoms with E-state index in [1.165, 1.54) is 6.07 Å². The lowest BCUT2D eigenvalue weighted by molar-refractivity contribution is 0.0590. The number of methoxy groups -OCH3 is 1. The zero-order valence-corrected chi connectivity index (χ0v) is 12.3. The molecule has 0 fully saturated rings. The fourth-order valence-corrected chi connectivity index (χ4v) is 2.81.